The van der Waals surface area contributed by atoms with Crippen molar-refractivity contribution < 1.29 is 27.8 Å². The molecule has 0 saturated carbocycles. The Kier molecular flexibility index (Phi) is 7.52. The Hall–Kier alpha value is -3.96. The highest BCUT2D eigenvalue weighted by atomic mass is 19.4. The van der Waals surface area contributed by atoms with Crippen LogP contribution in [0.2, 0.25) is 0 Å². The normalized spacial score (nSPS) is 17.3. The van der Waals surface area contributed by atoms with Gasteiger partial charge < -0.3 is 14.7 Å². The lowest BCUT2D eigenvalue weighted by Crippen LogP contribution is -2.55. The number of ether oxygens (including phenoxy) is 1. The summed E-state index contributed by atoms with van der Waals surface area (Å²) in [6.45, 7) is 4.48. The summed E-state index contributed by atoms with van der Waals surface area (Å²) in [6.07, 6.45) is -3.56. The van der Waals surface area contributed by atoms with Gasteiger partial charge in [-0.1, -0.05) is 30.3 Å². The molecule has 1 aliphatic heterocycles. The van der Waals surface area contributed by atoms with Crippen LogP contribution in [-0.4, -0.2) is 74.8 Å². The summed E-state index contributed by atoms with van der Waals surface area (Å²) in [5.41, 5.74) is 0.333. The maximum absolute atomic E-state index is 14.3. The van der Waals surface area contributed by atoms with Crippen LogP contribution in [0.3, 0.4) is 0 Å². The highest BCUT2D eigenvalue weighted by Gasteiger charge is 2.39. The van der Waals surface area contributed by atoms with Crippen LogP contribution in [-0.2, 0) is 6.18 Å². The molecule has 5 rings (SSSR count). The molecule has 0 spiro atoms. The average Bonchev–Trinajstić information content (AvgIpc) is 3.36. The van der Waals surface area contributed by atoms with Gasteiger partial charge in [-0.2, -0.15) is 18.3 Å². The van der Waals surface area contributed by atoms with E-state index in [0.29, 0.717) is 35.5 Å². The molecule has 0 bridgehead atoms. The minimum atomic E-state index is -4.73. The second kappa shape index (κ2) is 10.9. The van der Waals surface area contributed by atoms with E-state index in [2.05, 4.69) is 15.0 Å². The minimum Gasteiger partial charge on any atom is -0.497 e. The third kappa shape index (κ3) is 5.02. The molecule has 0 radical (unpaired) electrons. The predicted octanol–water partition coefficient (Wildman–Crippen LogP) is 4.61. The van der Waals surface area contributed by atoms with Gasteiger partial charge in [0.1, 0.15) is 11.3 Å². The number of fused-ring (bicyclic) bond motifs is 1. The van der Waals surface area contributed by atoms with Crippen molar-refractivity contribution in [2.75, 3.05) is 33.4 Å². The highest BCUT2D eigenvalue weighted by molar-refractivity contribution is 6.00. The van der Waals surface area contributed by atoms with Crippen molar-refractivity contribution in [3.8, 4) is 17.0 Å². The number of nitrogens with zero attached hydrogens (tertiary/aromatic N) is 5. The number of benzene rings is 2. The van der Waals surface area contributed by atoms with Gasteiger partial charge in [0.15, 0.2) is 11.3 Å². The van der Waals surface area contributed by atoms with Gasteiger partial charge in [0.25, 0.3) is 5.91 Å². The molecule has 1 saturated heterocycles. The molecule has 0 aliphatic carbocycles. The average molecular weight is 554 g/mol. The van der Waals surface area contributed by atoms with Crippen LogP contribution in [0.1, 0.15) is 40.1 Å². The van der Waals surface area contributed by atoms with E-state index in [1.165, 1.54) is 14.0 Å². The first-order chi connectivity index (χ1) is 19.1. The van der Waals surface area contributed by atoms with Gasteiger partial charge in [0.2, 0.25) is 0 Å². The van der Waals surface area contributed by atoms with Crippen molar-refractivity contribution in [2.45, 2.75) is 32.1 Å². The number of aromatic nitrogens is 3. The van der Waals surface area contributed by atoms with E-state index >= 15 is 0 Å². The molecule has 2 aromatic heterocycles. The Balaban J connectivity index is 1.49. The fourth-order valence-electron chi connectivity index (χ4n) is 5.42. The number of carbonyl (C=O) groups is 1. The zero-order valence-electron chi connectivity index (χ0n) is 22.4. The third-order valence-corrected chi connectivity index (χ3v) is 7.46. The van der Waals surface area contributed by atoms with Crippen molar-refractivity contribution in [1.29, 1.82) is 0 Å². The zero-order valence-corrected chi connectivity index (χ0v) is 22.4. The zero-order chi connectivity index (χ0) is 28.6. The smallest absolute Gasteiger partial charge is 0.433 e. The number of amides is 1. The lowest BCUT2D eigenvalue weighted by Gasteiger charge is -2.43. The second-order valence-corrected chi connectivity index (χ2v) is 9.91. The Morgan fingerprint density at radius 2 is 1.82 bits per heavy atom. The van der Waals surface area contributed by atoms with E-state index < -0.39 is 17.8 Å². The summed E-state index contributed by atoms with van der Waals surface area (Å²) >= 11 is 0. The first-order valence-electron chi connectivity index (χ1n) is 12.9. The number of aliphatic hydroxyl groups excluding tert-OH is 1. The highest BCUT2D eigenvalue weighted by Crippen LogP contribution is 2.37. The molecule has 1 amide bonds. The van der Waals surface area contributed by atoms with Gasteiger partial charge in [-0.3, -0.25) is 9.69 Å². The lowest BCUT2D eigenvalue weighted by molar-refractivity contribution is -0.143. The molecular weight excluding hydrogens is 523 g/mol. The summed E-state index contributed by atoms with van der Waals surface area (Å²) < 4.78 is 48.7. The Labute approximate surface area is 229 Å². The lowest BCUT2D eigenvalue weighted by atomic mass is 10.0. The van der Waals surface area contributed by atoms with Crippen LogP contribution >= 0.6 is 0 Å². The van der Waals surface area contributed by atoms with E-state index in [0.717, 1.165) is 11.8 Å². The second-order valence-electron chi connectivity index (χ2n) is 9.91. The van der Waals surface area contributed by atoms with Gasteiger partial charge in [-0.05, 0) is 43.7 Å². The summed E-state index contributed by atoms with van der Waals surface area (Å²) in [6, 6.07) is 15.7. The SMILES string of the molecule is COc1ccc(-c2nc3c(C(=O)N4CCN([C@H](CO)c5ccccc5)C[C@H]4C)cnn3c(C(F)(F)F)c2C)cc1. The number of methoxy groups -OCH3 is 1. The number of halogens is 3. The van der Waals surface area contributed by atoms with Crippen LogP contribution in [0.4, 0.5) is 13.2 Å². The fraction of sp³-hybridized carbons (Fsp3) is 0.345. The summed E-state index contributed by atoms with van der Waals surface area (Å²) in [4.78, 5) is 22.0. The van der Waals surface area contributed by atoms with Gasteiger partial charge in [0, 0.05) is 36.8 Å². The number of alkyl halides is 3. The molecule has 4 aromatic rings. The monoisotopic (exact) mass is 553 g/mol. The summed E-state index contributed by atoms with van der Waals surface area (Å²) in [5.74, 6) is 0.121. The Bertz CT molecular complexity index is 1510. The Morgan fingerprint density at radius 1 is 1.12 bits per heavy atom. The van der Waals surface area contributed by atoms with Crippen LogP contribution in [0.5, 0.6) is 5.75 Å². The first kappa shape index (κ1) is 27.6. The standard InChI is InChI=1S/C29H30F3N5O3/c1-18-16-35(24(17-38)20-7-5-4-6-8-20)13-14-36(18)28(39)23-15-33-37-26(29(30,31)32)19(2)25(34-27(23)37)21-9-11-22(40-3)12-10-21/h4-12,15,18,24,38H,13-14,16-17H2,1-3H3/t18-,24-/m1/s1. The molecule has 2 atom stereocenters. The van der Waals surface area contributed by atoms with Crippen molar-refractivity contribution in [3.63, 3.8) is 0 Å². The molecule has 3 heterocycles. The molecule has 1 N–H and O–H groups in total. The third-order valence-electron chi connectivity index (χ3n) is 7.46. The van der Waals surface area contributed by atoms with Crippen molar-refractivity contribution >= 4 is 11.6 Å². The van der Waals surface area contributed by atoms with Crippen LogP contribution in [0.25, 0.3) is 16.9 Å². The molecule has 210 valence electrons. The van der Waals surface area contributed by atoms with Crippen LogP contribution in [0, 0.1) is 6.92 Å². The maximum Gasteiger partial charge on any atom is 0.433 e. The van der Waals surface area contributed by atoms with E-state index in [1.54, 1.807) is 29.2 Å². The van der Waals surface area contributed by atoms with E-state index in [-0.39, 0.29) is 41.2 Å². The van der Waals surface area contributed by atoms with Crippen molar-refractivity contribution in [3.05, 3.63) is 83.2 Å². The van der Waals surface area contributed by atoms with Gasteiger partial charge in [-0.15, -0.1) is 0 Å². The summed E-state index contributed by atoms with van der Waals surface area (Å²) in [7, 11) is 1.50. The quantitative estimate of drug-likeness (QED) is 0.376. The maximum atomic E-state index is 14.3. The molecule has 8 nitrogen and oxygen atoms in total. The number of hydrogen-bond donors (Lipinski definition) is 1. The molecular formula is C29H30F3N5O3. The number of carbonyl (C=O) groups excluding carboxylic acids is 1. The molecule has 0 unspecified atom stereocenters. The Morgan fingerprint density at radius 3 is 2.42 bits per heavy atom. The molecule has 2 aromatic carbocycles. The van der Waals surface area contributed by atoms with Crippen molar-refractivity contribution in [1.82, 2.24) is 24.4 Å². The number of piperazine rings is 1. The number of rotatable bonds is 6. The van der Waals surface area contributed by atoms with Crippen LogP contribution < -0.4 is 4.74 Å². The topological polar surface area (TPSA) is 83.2 Å². The largest absolute Gasteiger partial charge is 0.497 e. The molecule has 1 fully saturated rings. The molecule has 1 aliphatic rings. The van der Waals surface area contributed by atoms with Gasteiger partial charge >= 0.3 is 6.18 Å². The fourth-order valence-corrected chi connectivity index (χ4v) is 5.42. The van der Waals surface area contributed by atoms with Crippen molar-refractivity contribution in [2.24, 2.45) is 0 Å². The van der Waals surface area contributed by atoms with Crippen LogP contribution in [0.15, 0.2) is 60.8 Å². The van der Waals surface area contributed by atoms with Gasteiger partial charge in [0.05, 0.1) is 31.6 Å². The number of hydrogen-bond acceptors (Lipinski definition) is 6. The van der Waals surface area contributed by atoms with E-state index in [4.69, 9.17) is 4.74 Å². The number of aliphatic hydroxyl groups is 1. The molecule has 11 heteroatoms. The first-order valence-corrected chi connectivity index (χ1v) is 12.9. The van der Waals surface area contributed by atoms with Gasteiger partial charge in [-0.25, -0.2) is 9.50 Å². The predicted molar refractivity (Wildman–Crippen MR) is 143 cm³/mol. The van der Waals surface area contributed by atoms with E-state index in [1.807, 2.05) is 37.3 Å². The summed E-state index contributed by atoms with van der Waals surface area (Å²) in [5, 5.41) is 14.1. The molecule has 40 heavy (non-hydrogen) atoms. The minimum absolute atomic E-state index is 0.00216. The van der Waals surface area contributed by atoms with E-state index in [9.17, 15) is 23.1 Å².